The summed E-state index contributed by atoms with van der Waals surface area (Å²) >= 11 is 2.91. The minimum Gasteiger partial charge on any atom is -0.334 e. The molecule has 0 bridgehead atoms. The van der Waals surface area contributed by atoms with Crippen molar-refractivity contribution in [3.63, 3.8) is 0 Å². The van der Waals surface area contributed by atoms with Crippen LogP contribution in [0.2, 0.25) is 0 Å². The molecule has 0 saturated heterocycles. The Hall–Kier alpha value is -2.38. The van der Waals surface area contributed by atoms with Crippen LogP contribution in [-0.2, 0) is 13.1 Å². The van der Waals surface area contributed by atoms with Gasteiger partial charge in [0.2, 0.25) is 5.69 Å². The van der Waals surface area contributed by atoms with Gasteiger partial charge in [0.15, 0.2) is 6.20 Å². The minimum atomic E-state index is -0.269. The van der Waals surface area contributed by atoms with Crippen molar-refractivity contribution in [3.05, 3.63) is 73.7 Å². The molecule has 0 N–H and O–H groups in total. The largest absolute Gasteiger partial charge is 0.334 e. The molecule has 0 aliphatic carbocycles. The van der Waals surface area contributed by atoms with E-state index in [1.807, 2.05) is 44.4 Å². The average molecular weight is 415 g/mol. The van der Waals surface area contributed by atoms with E-state index in [1.165, 1.54) is 29.2 Å². The van der Waals surface area contributed by atoms with Crippen LogP contribution in [0.5, 0.6) is 0 Å². The number of hydrogen-bond donors (Lipinski definition) is 0. The second-order valence-corrected chi connectivity index (χ2v) is 8.49. The van der Waals surface area contributed by atoms with Crippen molar-refractivity contribution in [1.29, 1.82) is 0 Å². The fourth-order valence-corrected chi connectivity index (χ4v) is 5.86. The van der Waals surface area contributed by atoms with Gasteiger partial charge in [-0.1, -0.05) is 17.8 Å². The maximum atomic E-state index is 14.3. The lowest BCUT2D eigenvalue weighted by atomic mass is 10.3. The molecule has 0 amide bonds. The molecular weight excluding hydrogens is 393 g/mol. The van der Waals surface area contributed by atoms with Crippen LogP contribution >= 0.6 is 23.1 Å². The number of rotatable bonds is 3. The molecule has 0 saturated carbocycles. The SMILES string of the molecule is CCn1c(=O)/c(=C2\Sc3cccc(F)c3N2C)s/c1=C\c1cccc[n+]1CC. The summed E-state index contributed by atoms with van der Waals surface area (Å²) in [6.07, 6.45) is 4.08. The predicted molar refractivity (Wildman–Crippen MR) is 113 cm³/mol. The molecule has 3 heterocycles. The summed E-state index contributed by atoms with van der Waals surface area (Å²) in [5.41, 5.74) is 1.56. The number of hydrogen-bond acceptors (Lipinski definition) is 4. The number of thiazole rings is 1. The quantitative estimate of drug-likeness (QED) is 0.617. The van der Waals surface area contributed by atoms with E-state index in [-0.39, 0.29) is 11.4 Å². The summed E-state index contributed by atoms with van der Waals surface area (Å²) in [6, 6.07) is 11.1. The van der Waals surface area contributed by atoms with Crippen LogP contribution in [0.25, 0.3) is 11.1 Å². The molecule has 1 aromatic carbocycles. The summed E-state index contributed by atoms with van der Waals surface area (Å²) < 4.78 is 19.8. The van der Waals surface area contributed by atoms with Crippen molar-refractivity contribution >= 4 is 39.9 Å². The first kappa shape index (κ1) is 19.0. The molecule has 1 aliphatic heterocycles. The number of halogens is 1. The molecular formula is C21H21FN3OS2+. The first-order chi connectivity index (χ1) is 13.5. The van der Waals surface area contributed by atoms with Gasteiger partial charge in [-0.3, -0.25) is 9.36 Å². The Balaban J connectivity index is 1.95. The number of thioether (sulfide) groups is 1. The number of fused-ring (bicyclic) bond motifs is 1. The molecule has 0 spiro atoms. The number of anilines is 1. The van der Waals surface area contributed by atoms with Gasteiger partial charge in [-0.15, -0.1) is 11.3 Å². The van der Waals surface area contributed by atoms with Crippen LogP contribution in [0.4, 0.5) is 10.1 Å². The van der Waals surface area contributed by atoms with E-state index < -0.39 is 0 Å². The normalized spacial score (nSPS) is 16.0. The molecule has 4 rings (SSSR count). The van der Waals surface area contributed by atoms with Gasteiger partial charge in [-0.05, 0) is 32.0 Å². The lowest BCUT2D eigenvalue weighted by molar-refractivity contribution is -0.695. The fourth-order valence-electron chi connectivity index (χ4n) is 3.38. The van der Waals surface area contributed by atoms with Crippen LogP contribution in [0.3, 0.4) is 0 Å². The van der Waals surface area contributed by atoms with Gasteiger partial charge in [0, 0.05) is 36.7 Å². The summed E-state index contributed by atoms with van der Waals surface area (Å²) in [7, 11) is 1.82. The van der Waals surface area contributed by atoms with Crippen LogP contribution < -0.4 is 24.2 Å². The molecule has 2 aromatic heterocycles. The monoisotopic (exact) mass is 414 g/mol. The highest BCUT2D eigenvalue weighted by molar-refractivity contribution is 8.08. The number of para-hydroxylation sites is 1. The Morgan fingerprint density at radius 2 is 2.00 bits per heavy atom. The Labute approximate surface area is 170 Å². The summed E-state index contributed by atoms with van der Waals surface area (Å²) in [4.78, 5) is 15.8. The number of benzene rings is 1. The van der Waals surface area contributed by atoms with Crippen LogP contribution in [-0.4, -0.2) is 11.6 Å². The summed E-state index contributed by atoms with van der Waals surface area (Å²) in [6.45, 7) is 5.50. The predicted octanol–water partition coefficient (Wildman–Crippen LogP) is 2.51. The zero-order chi connectivity index (χ0) is 19.8. The minimum absolute atomic E-state index is 0.0275. The maximum Gasteiger partial charge on any atom is 0.271 e. The van der Waals surface area contributed by atoms with E-state index in [2.05, 4.69) is 17.6 Å². The molecule has 3 aromatic rings. The fraction of sp³-hybridized carbons (Fsp3) is 0.238. The topological polar surface area (TPSA) is 29.1 Å². The van der Waals surface area contributed by atoms with E-state index in [1.54, 1.807) is 15.5 Å². The molecule has 0 radical (unpaired) electrons. The second kappa shape index (κ2) is 7.56. The average Bonchev–Trinajstić information content (AvgIpc) is 3.19. The highest BCUT2D eigenvalue weighted by Crippen LogP contribution is 2.46. The molecule has 1 aliphatic rings. The van der Waals surface area contributed by atoms with Crippen molar-refractivity contribution in [2.45, 2.75) is 31.8 Å². The van der Waals surface area contributed by atoms with Gasteiger partial charge in [0.25, 0.3) is 5.56 Å². The van der Waals surface area contributed by atoms with Crippen LogP contribution in [0, 0.1) is 5.82 Å². The van der Waals surface area contributed by atoms with Gasteiger partial charge in [-0.25, -0.2) is 4.39 Å². The molecule has 0 unspecified atom stereocenters. The summed E-state index contributed by atoms with van der Waals surface area (Å²) in [5.74, 6) is -0.269. The van der Waals surface area contributed by atoms with E-state index in [4.69, 9.17) is 0 Å². The maximum absolute atomic E-state index is 14.3. The van der Waals surface area contributed by atoms with Gasteiger partial charge in [0.1, 0.15) is 26.6 Å². The molecule has 0 fully saturated rings. The summed E-state index contributed by atoms with van der Waals surface area (Å²) in [5, 5.41) is 0.786. The first-order valence-corrected chi connectivity index (χ1v) is 10.8. The van der Waals surface area contributed by atoms with E-state index in [9.17, 15) is 9.18 Å². The molecule has 0 atom stereocenters. The van der Waals surface area contributed by atoms with Gasteiger partial charge < -0.3 is 4.90 Å². The third-order valence-corrected chi connectivity index (χ3v) is 7.28. The van der Waals surface area contributed by atoms with Crippen molar-refractivity contribution < 1.29 is 8.96 Å². The number of aryl methyl sites for hydroxylation is 1. The Morgan fingerprint density at radius 3 is 2.71 bits per heavy atom. The number of nitrogens with zero attached hydrogens (tertiary/aromatic N) is 3. The Bertz CT molecular complexity index is 1230. The third-order valence-electron chi connectivity index (χ3n) is 4.81. The van der Waals surface area contributed by atoms with Crippen molar-refractivity contribution in [2.75, 3.05) is 11.9 Å². The van der Waals surface area contributed by atoms with Crippen LogP contribution in [0.1, 0.15) is 19.5 Å². The first-order valence-electron chi connectivity index (χ1n) is 9.19. The second-order valence-electron chi connectivity index (χ2n) is 6.43. The zero-order valence-electron chi connectivity index (χ0n) is 16.0. The van der Waals surface area contributed by atoms with Gasteiger partial charge in [0.05, 0.1) is 5.69 Å². The standard InChI is InChI=1S/C21H21FN3OS2/c1-4-24-12-7-6-9-14(24)13-17-25(5-2)20(26)19(28-17)21-23(3)18-15(22)10-8-11-16(18)27-21/h6-13H,4-5H2,1-3H3/q+1/b21-19+. The van der Waals surface area contributed by atoms with Crippen molar-refractivity contribution in [1.82, 2.24) is 4.57 Å². The molecule has 144 valence electrons. The molecule has 4 nitrogen and oxygen atoms in total. The lowest BCUT2D eigenvalue weighted by Gasteiger charge is -2.12. The Kier molecular flexibility index (Phi) is 5.12. The van der Waals surface area contributed by atoms with E-state index >= 15 is 0 Å². The Morgan fingerprint density at radius 1 is 1.18 bits per heavy atom. The molecule has 28 heavy (non-hydrogen) atoms. The highest BCUT2D eigenvalue weighted by atomic mass is 32.2. The van der Waals surface area contributed by atoms with Gasteiger partial charge in [-0.2, -0.15) is 4.57 Å². The smallest absolute Gasteiger partial charge is 0.271 e. The zero-order valence-corrected chi connectivity index (χ0v) is 17.6. The lowest BCUT2D eigenvalue weighted by Crippen LogP contribution is -2.36. The van der Waals surface area contributed by atoms with Crippen molar-refractivity contribution in [2.24, 2.45) is 0 Å². The van der Waals surface area contributed by atoms with Gasteiger partial charge >= 0.3 is 0 Å². The third kappa shape index (κ3) is 3.08. The number of aromatic nitrogens is 2. The van der Waals surface area contributed by atoms with E-state index in [0.717, 1.165) is 26.8 Å². The molecule has 7 heteroatoms. The van der Waals surface area contributed by atoms with E-state index in [0.29, 0.717) is 16.8 Å². The highest BCUT2D eigenvalue weighted by Gasteiger charge is 2.27. The van der Waals surface area contributed by atoms with Crippen LogP contribution in [0.15, 0.2) is 52.3 Å². The number of pyridine rings is 1. The van der Waals surface area contributed by atoms with Crippen molar-refractivity contribution in [3.8, 4) is 0 Å².